The molecule has 3 aromatic rings. The van der Waals surface area contributed by atoms with Crippen molar-refractivity contribution in [2.45, 2.75) is 19.0 Å². The summed E-state index contributed by atoms with van der Waals surface area (Å²) >= 11 is 5.96. The van der Waals surface area contributed by atoms with Gasteiger partial charge in [-0.15, -0.1) is 0 Å². The van der Waals surface area contributed by atoms with Gasteiger partial charge in [0.15, 0.2) is 16.7 Å². The number of alkyl halides is 3. The van der Waals surface area contributed by atoms with E-state index in [-0.39, 0.29) is 41.2 Å². The predicted molar refractivity (Wildman–Crippen MR) is 101 cm³/mol. The molecule has 1 aromatic carbocycles. The van der Waals surface area contributed by atoms with Crippen LogP contribution < -0.4 is 15.2 Å². The number of aryl methyl sites for hydroxylation is 2. The molecule has 0 fully saturated rings. The quantitative estimate of drug-likeness (QED) is 0.434. The second-order valence-corrected chi connectivity index (χ2v) is 6.44. The Bertz CT molecular complexity index is 1040. The summed E-state index contributed by atoms with van der Waals surface area (Å²) in [6.07, 6.45) is -3.09. The van der Waals surface area contributed by atoms with E-state index in [1.54, 1.807) is 0 Å². The van der Waals surface area contributed by atoms with Crippen molar-refractivity contribution in [2.75, 3.05) is 12.8 Å². The molecule has 30 heavy (non-hydrogen) atoms. The highest BCUT2D eigenvalue weighted by molar-refractivity contribution is 6.31. The van der Waals surface area contributed by atoms with E-state index in [2.05, 4.69) is 15.0 Å². The minimum atomic E-state index is -4.54. The summed E-state index contributed by atoms with van der Waals surface area (Å²) in [5, 5.41) is 0.0535. The molecule has 0 atom stereocenters. The first kappa shape index (κ1) is 21.6. The Balaban J connectivity index is 1.70. The Kier molecular flexibility index (Phi) is 6.25. The van der Waals surface area contributed by atoms with Crippen molar-refractivity contribution in [2.24, 2.45) is 0 Å². The number of hydrogen-bond acceptors (Lipinski definition) is 6. The molecule has 0 saturated heterocycles. The molecule has 0 aliphatic heterocycles. The van der Waals surface area contributed by atoms with E-state index in [1.165, 1.54) is 19.2 Å². The third-order valence-corrected chi connectivity index (χ3v) is 4.28. The highest BCUT2D eigenvalue weighted by Crippen LogP contribution is 2.32. The maximum Gasteiger partial charge on any atom is 0.416 e. The first-order valence-corrected chi connectivity index (χ1v) is 8.90. The number of halogens is 5. The molecule has 0 bridgehead atoms. The van der Waals surface area contributed by atoms with Gasteiger partial charge in [0.1, 0.15) is 17.4 Å². The minimum absolute atomic E-state index is 0.0102. The molecular weight excluding hydrogens is 428 g/mol. The van der Waals surface area contributed by atoms with Crippen LogP contribution in [-0.4, -0.2) is 22.1 Å². The average molecular weight is 443 g/mol. The van der Waals surface area contributed by atoms with Gasteiger partial charge in [0.2, 0.25) is 5.88 Å². The van der Waals surface area contributed by atoms with Crippen molar-refractivity contribution in [3.8, 4) is 17.4 Å². The number of nitrogens with two attached hydrogens (primary N) is 1. The topological polar surface area (TPSA) is 83.2 Å². The number of nitrogen functional groups attached to an aromatic ring is 1. The molecule has 0 saturated carbocycles. The lowest BCUT2D eigenvalue weighted by molar-refractivity contribution is -0.137. The summed E-state index contributed by atoms with van der Waals surface area (Å²) in [5.41, 5.74) is 5.15. The van der Waals surface area contributed by atoms with Crippen molar-refractivity contribution in [3.05, 3.63) is 64.5 Å². The maximum atomic E-state index is 14.4. The lowest BCUT2D eigenvalue weighted by Gasteiger charge is -2.10. The van der Waals surface area contributed by atoms with Crippen LogP contribution in [-0.2, 0) is 19.0 Å². The zero-order valence-electron chi connectivity index (χ0n) is 15.5. The fourth-order valence-corrected chi connectivity index (χ4v) is 2.86. The van der Waals surface area contributed by atoms with Gasteiger partial charge in [-0.1, -0.05) is 17.7 Å². The minimum Gasteiger partial charge on any atom is -0.490 e. The average Bonchev–Trinajstić information content (AvgIpc) is 2.67. The van der Waals surface area contributed by atoms with Gasteiger partial charge in [-0.3, -0.25) is 0 Å². The van der Waals surface area contributed by atoms with Crippen molar-refractivity contribution in [3.63, 3.8) is 0 Å². The Morgan fingerprint density at radius 1 is 1.10 bits per heavy atom. The van der Waals surface area contributed by atoms with Crippen molar-refractivity contribution in [1.29, 1.82) is 0 Å². The Hall–Kier alpha value is -3.14. The number of benzene rings is 1. The number of ether oxygens (including phenoxy) is 2. The summed E-state index contributed by atoms with van der Waals surface area (Å²) in [4.78, 5) is 11.8. The number of hydrogen-bond donors (Lipinski definition) is 1. The van der Waals surface area contributed by atoms with Gasteiger partial charge in [-0.25, -0.2) is 19.3 Å². The number of rotatable bonds is 6. The van der Waals surface area contributed by atoms with Gasteiger partial charge >= 0.3 is 6.18 Å². The number of methoxy groups -OCH3 is 1. The molecule has 0 amide bonds. The molecule has 0 spiro atoms. The molecule has 0 aliphatic carbocycles. The van der Waals surface area contributed by atoms with E-state index < -0.39 is 17.6 Å². The van der Waals surface area contributed by atoms with Crippen LogP contribution in [0.25, 0.3) is 0 Å². The molecule has 3 rings (SSSR count). The first-order valence-electron chi connectivity index (χ1n) is 8.52. The van der Waals surface area contributed by atoms with Crippen LogP contribution in [0, 0.1) is 5.82 Å². The molecule has 0 unspecified atom stereocenters. The molecule has 11 heteroatoms. The van der Waals surface area contributed by atoms with Gasteiger partial charge in [0.25, 0.3) is 0 Å². The normalized spacial score (nSPS) is 11.4. The van der Waals surface area contributed by atoms with E-state index in [0.29, 0.717) is 11.4 Å². The van der Waals surface area contributed by atoms with Gasteiger partial charge in [-0.05, 0) is 24.1 Å². The van der Waals surface area contributed by atoms with Crippen LogP contribution in [0.2, 0.25) is 5.15 Å². The fraction of sp³-hybridized carbons (Fsp3) is 0.211. The number of aromatic nitrogens is 3. The molecule has 2 heterocycles. The van der Waals surface area contributed by atoms with Crippen molar-refractivity contribution >= 4 is 17.4 Å². The third kappa shape index (κ3) is 5.07. The molecule has 2 aromatic heterocycles. The lowest BCUT2D eigenvalue weighted by atomic mass is 10.1. The standard InChI is InChI=1S/C19H15ClF4N4O2/c1-29-16-17(20)27-14(28-18(16)25)5-3-10-2-4-12(9-13(10)21)30-15-8-11(6-7-26-15)19(22,23)24/h2,4,6-9H,3,5H2,1H3,(H2,25,27,28). The highest BCUT2D eigenvalue weighted by atomic mass is 35.5. The molecule has 0 radical (unpaired) electrons. The smallest absolute Gasteiger partial charge is 0.416 e. The van der Waals surface area contributed by atoms with E-state index in [1.807, 2.05) is 0 Å². The second kappa shape index (κ2) is 8.70. The highest BCUT2D eigenvalue weighted by Gasteiger charge is 2.31. The summed E-state index contributed by atoms with van der Waals surface area (Å²) in [5.74, 6) is -0.343. The summed E-state index contributed by atoms with van der Waals surface area (Å²) in [6.45, 7) is 0. The largest absolute Gasteiger partial charge is 0.490 e. The summed E-state index contributed by atoms with van der Waals surface area (Å²) < 4.78 is 62.9. The van der Waals surface area contributed by atoms with Gasteiger partial charge in [0, 0.05) is 24.8 Å². The van der Waals surface area contributed by atoms with E-state index in [4.69, 9.17) is 26.8 Å². The van der Waals surface area contributed by atoms with Crippen LogP contribution >= 0.6 is 11.6 Å². The molecule has 2 N–H and O–H groups in total. The lowest BCUT2D eigenvalue weighted by Crippen LogP contribution is -2.06. The first-order chi connectivity index (χ1) is 14.2. The van der Waals surface area contributed by atoms with E-state index in [0.717, 1.165) is 24.4 Å². The fourth-order valence-electron chi connectivity index (χ4n) is 2.59. The Morgan fingerprint density at radius 2 is 1.87 bits per heavy atom. The summed E-state index contributed by atoms with van der Waals surface area (Å²) in [6, 6.07) is 5.49. The summed E-state index contributed by atoms with van der Waals surface area (Å²) in [7, 11) is 1.38. The van der Waals surface area contributed by atoms with Gasteiger partial charge in [0.05, 0.1) is 12.7 Å². The van der Waals surface area contributed by atoms with Crippen LogP contribution in [0.15, 0.2) is 36.5 Å². The van der Waals surface area contributed by atoms with Crippen LogP contribution in [0.3, 0.4) is 0 Å². The number of pyridine rings is 1. The van der Waals surface area contributed by atoms with Crippen LogP contribution in [0.5, 0.6) is 17.4 Å². The van der Waals surface area contributed by atoms with E-state index >= 15 is 0 Å². The molecular formula is C19H15ClF4N4O2. The van der Waals surface area contributed by atoms with Crippen molar-refractivity contribution in [1.82, 2.24) is 15.0 Å². The van der Waals surface area contributed by atoms with E-state index in [9.17, 15) is 17.6 Å². The zero-order chi connectivity index (χ0) is 21.9. The van der Waals surface area contributed by atoms with Crippen molar-refractivity contribution < 1.29 is 27.0 Å². The second-order valence-electron chi connectivity index (χ2n) is 6.08. The van der Waals surface area contributed by atoms with Crippen LogP contribution in [0.4, 0.5) is 23.4 Å². The van der Waals surface area contributed by atoms with Crippen LogP contribution in [0.1, 0.15) is 17.0 Å². The monoisotopic (exact) mass is 442 g/mol. The third-order valence-electron chi connectivity index (χ3n) is 4.03. The molecule has 158 valence electrons. The predicted octanol–water partition coefficient (Wildman–Crippen LogP) is 4.85. The molecule has 0 aliphatic rings. The Morgan fingerprint density at radius 3 is 2.50 bits per heavy atom. The zero-order valence-corrected chi connectivity index (χ0v) is 16.3. The van der Waals surface area contributed by atoms with Gasteiger partial charge < -0.3 is 15.2 Å². The Labute approximate surface area is 173 Å². The maximum absolute atomic E-state index is 14.4. The number of anilines is 1. The van der Waals surface area contributed by atoms with Gasteiger partial charge in [-0.2, -0.15) is 13.2 Å². The number of nitrogens with zero attached hydrogens (tertiary/aromatic N) is 3. The SMILES string of the molecule is COc1c(N)nc(CCc2ccc(Oc3cc(C(F)(F)F)ccn3)cc2F)nc1Cl. The molecule has 6 nitrogen and oxygen atoms in total.